The summed E-state index contributed by atoms with van der Waals surface area (Å²) in [6.45, 7) is 2.48. The van der Waals surface area contributed by atoms with Crippen LogP contribution >= 0.6 is 0 Å². The van der Waals surface area contributed by atoms with Gasteiger partial charge in [0.05, 0.1) is 12.2 Å². The maximum Gasteiger partial charge on any atom is 0.338 e. The molecule has 0 bridgehead atoms. The molecule has 0 spiro atoms. The Balaban J connectivity index is 1.45. The first kappa shape index (κ1) is 21.3. The van der Waals surface area contributed by atoms with Crippen molar-refractivity contribution in [3.63, 3.8) is 0 Å². The Bertz CT molecular complexity index is 1260. The fraction of sp³-hybridized carbons (Fsp3) is 0.143. The van der Waals surface area contributed by atoms with Crippen LogP contribution in [0.15, 0.2) is 89.4 Å². The molecule has 0 saturated heterocycles. The molecule has 1 heterocycles. The lowest BCUT2D eigenvalue weighted by atomic mass is 10.0. The first-order valence-corrected chi connectivity index (χ1v) is 10.7. The molecule has 4 nitrogen and oxygen atoms in total. The summed E-state index contributed by atoms with van der Waals surface area (Å²) in [5.74, 6) is 0.843. The molecular weight excluding hydrogens is 400 g/mol. The number of rotatable bonds is 8. The number of furan rings is 1. The van der Waals surface area contributed by atoms with E-state index in [-0.39, 0.29) is 11.8 Å². The minimum Gasteiger partial charge on any atom is -0.462 e. The van der Waals surface area contributed by atoms with E-state index in [4.69, 9.17) is 9.15 Å². The van der Waals surface area contributed by atoms with Crippen LogP contribution in [0.25, 0.3) is 28.2 Å². The van der Waals surface area contributed by atoms with Crippen molar-refractivity contribution in [2.24, 2.45) is 0 Å². The summed E-state index contributed by atoms with van der Waals surface area (Å²) in [4.78, 5) is 24.8. The maximum atomic E-state index is 12.7. The number of unbranched alkanes of at least 4 members (excludes halogenated alkanes) is 1. The van der Waals surface area contributed by atoms with Gasteiger partial charge in [0.1, 0.15) is 11.5 Å². The van der Waals surface area contributed by atoms with E-state index in [9.17, 15) is 9.59 Å². The number of hydrogen-bond donors (Lipinski definition) is 0. The number of ketones is 1. The van der Waals surface area contributed by atoms with Crippen LogP contribution in [-0.4, -0.2) is 18.4 Å². The van der Waals surface area contributed by atoms with Crippen molar-refractivity contribution < 1.29 is 18.7 Å². The highest BCUT2D eigenvalue weighted by Crippen LogP contribution is 2.24. The van der Waals surface area contributed by atoms with Gasteiger partial charge in [-0.2, -0.15) is 0 Å². The average molecular weight is 424 g/mol. The smallest absolute Gasteiger partial charge is 0.338 e. The summed E-state index contributed by atoms with van der Waals surface area (Å²) < 4.78 is 11.1. The summed E-state index contributed by atoms with van der Waals surface area (Å²) in [7, 11) is 0. The number of allylic oxidation sites excluding steroid dienone is 1. The van der Waals surface area contributed by atoms with Gasteiger partial charge in [-0.25, -0.2) is 4.79 Å². The van der Waals surface area contributed by atoms with Crippen molar-refractivity contribution >= 4 is 28.6 Å². The molecule has 160 valence electrons. The molecule has 4 heteroatoms. The highest BCUT2D eigenvalue weighted by atomic mass is 16.5. The minimum atomic E-state index is -0.319. The summed E-state index contributed by atoms with van der Waals surface area (Å²) in [5, 5.41) is 1.96. The van der Waals surface area contributed by atoms with Crippen LogP contribution in [0.1, 0.15) is 46.2 Å². The number of esters is 1. The van der Waals surface area contributed by atoms with Gasteiger partial charge in [0.15, 0.2) is 5.78 Å². The number of benzene rings is 3. The number of carbonyl (C=O) groups excluding carboxylic acids is 2. The van der Waals surface area contributed by atoms with Crippen LogP contribution in [0.5, 0.6) is 0 Å². The molecule has 0 aliphatic heterocycles. The largest absolute Gasteiger partial charge is 0.462 e. The molecule has 0 N–H and O–H groups in total. The van der Waals surface area contributed by atoms with Gasteiger partial charge in [-0.05, 0) is 53.6 Å². The predicted molar refractivity (Wildman–Crippen MR) is 127 cm³/mol. The van der Waals surface area contributed by atoms with Crippen LogP contribution < -0.4 is 0 Å². The molecule has 0 amide bonds. The van der Waals surface area contributed by atoms with Gasteiger partial charge in [0.2, 0.25) is 0 Å². The Morgan fingerprint density at radius 3 is 2.50 bits per heavy atom. The Labute approximate surface area is 187 Å². The third-order valence-corrected chi connectivity index (χ3v) is 5.22. The summed E-state index contributed by atoms with van der Waals surface area (Å²) in [6.07, 6.45) is 5.04. The molecule has 0 atom stereocenters. The molecule has 0 unspecified atom stereocenters. The van der Waals surface area contributed by atoms with E-state index in [2.05, 4.69) is 6.92 Å². The van der Waals surface area contributed by atoms with Gasteiger partial charge < -0.3 is 9.15 Å². The van der Waals surface area contributed by atoms with Crippen LogP contribution in [0.4, 0.5) is 0 Å². The quantitative estimate of drug-likeness (QED) is 0.133. The molecule has 4 aromatic rings. The molecule has 1 aromatic heterocycles. The third kappa shape index (κ3) is 4.86. The highest BCUT2D eigenvalue weighted by molar-refractivity contribution is 6.14. The molecule has 0 fully saturated rings. The Kier molecular flexibility index (Phi) is 6.61. The third-order valence-electron chi connectivity index (χ3n) is 5.22. The summed E-state index contributed by atoms with van der Waals surface area (Å²) in [6, 6.07) is 24.3. The second-order valence-electron chi connectivity index (χ2n) is 7.49. The van der Waals surface area contributed by atoms with Gasteiger partial charge in [-0.15, -0.1) is 0 Å². The van der Waals surface area contributed by atoms with Gasteiger partial charge in [0.25, 0.3) is 0 Å². The summed E-state index contributed by atoms with van der Waals surface area (Å²) >= 11 is 0. The Morgan fingerprint density at radius 2 is 1.69 bits per heavy atom. The average Bonchev–Trinajstić information content (AvgIpc) is 3.31. The molecular formula is C28H24O4. The second-order valence-corrected chi connectivity index (χ2v) is 7.49. The second kappa shape index (κ2) is 9.92. The fourth-order valence-corrected chi connectivity index (χ4v) is 3.45. The van der Waals surface area contributed by atoms with Crippen molar-refractivity contribution in [2.45, 2.75) is 19.8 Å². The zero-order valence-electron chi connectivity index (χ0n) is 17.9. The van der Waals surface area contributed by atoms with Crippen LogP contribution in [-0.2, 0) is 4.74 Å². The topological polar surface area (TPSA) is 56.5 Å². The van der Waals surface area contributed by atoms with Crippen molar-refractivity contribution in [3.8, 4) is 11.3 Å². The molecule has 0 saturated carbocycles. The highest BCUT2D eigenvalue weighted by Gasteiger charge is 2.10. The lowest BCUT2D eigenvalue weighted by molar-refractivity contribution is 0.0499. The molecule has 32 heavy (non-hydrogen) atoms. The van der Waals surface area contributed by atoms with Crippen LogP contribution in [0, 0.1) is 0 Å². The number of carbonyl (C=O) groups is 2. The van der Waals surface area contributed by atoms with E-state index in [1.807, 2.05) is 66.7 Å². The predicted octanol–water partition coefficient (Wildman–Crippen LogP) is 6.95. The molecule has 3 aromatic carbocycles. The number of fused-ring (bicyclic) bond motifs is 1. The van der Waals surface area contributed by atoms with Gasteiger partial charge in [-0.3, -0.25) is 4.79 Å². The SMILES string of the molecule is CCCCOC(=O)c1ccc(-c2ccc(/C=C/C(=O)c3cccc4ccccc34)o2)cc1. The van der Waals surface area contributed by atoms with Crippen LogP contribution in [0.2, 0.25) is 0 Å². The molecule has 0 radical (unpaired) electrons. The van der Waals surface area contributed by atoms with Gasteiger partial charge in [0, 0.05) is 11.1 Å². The van der Waals surface area contributed by atoms with Gasteiger partial charge >= 0.3 is 5.97 Å². The van der Waals surface area contributed by atoms with E-state index in [0.717, 1.165) is 29.2 Å². The summed E-state index contributed by atoms with van der Waals surface area (Å²) in [5.41, 5.74) is 2.01. The number of ether oxygens (including phenoxy) is 1. The lowest BCUT2D eigenvalue weighted by Crippen LogP contribution is -2.05. The van der Waals surface area contributed by atoms with E-state index >= 15 is 0 Å². The zero-order chi connectivity index (χ0) is 22.3. The monoisotopic (exact) mass is 424 g/mol. The fourth-order valence-electron chi connectivity index (χ4n) is 3.45. The molecule has 0 aliphatic carbocycles. The van der Waals surface area contributed by atoms with E-state index < -0.39 is 0 Å². The lowest BCUT2D eigenvalue weighted by Gasteiger charge is -2.04. The van der Waals surface area contributed by atoms with Crippen molar-refractivity contribution in [1.29, 1.82) is 0 Å². The standard InChI is InChI=1S/C28H24O4/c1-2-3-19-31-28(30)22-13-11-21(12-14-22)27-18-16-23(32-27)15-17-26(29)25-10-6-8-20-7-4-5-9-24(20)25/h4-18H,2-3,19H2,1H3/b17-15+. The first-order chi connectivity index (χ1) is 15.7. The molecule has 4 rings (SSSR count). The van der Waals surface area contributed by atoms with Crippen molar-refractivity contribution in [1.82, 2.24) is 0 Å². The van der Waals surface area contributed by atoms with Gasteiger partial charge in [-0.1, -0.05) is 67.9 Å². The van der Waals surface area contributed by atoms with Crippen LogP contribution in [0.3, 0.4) is 0 Å². The van der Waals surface area contributed by atoms with E-state index in [1.54, 1.807) is 18.2 Å². The van der Waals surface area contributed by atoms with E-state index in [0.29, 0.717) is 29.3 Å². The Morgan fingerprint density at radius 1 is 0.906 bits per heavy atom. The zero-order valence-corrected chi connectivity index (χ0v) is 17.9. The Hall–Kier alpha value is -3.92. The van der Waals surface area contributed by atoms with Crippen molar-refractivity contribution in [3.05, 3.63) is 102 Å². The normalized spacial score (nSPS) is 11.2. The maximum absolute atomic E-state index is 12.7. The van der Waals surface area contributed by atoms with Crippen molar-refractivity contribution in [2.75, 3.05) is 6.61 Å². The van der Waals surface area contributed by atoms with E-state index in [1.165, 1.54) is 6.08 Å². The first-order valence-electron chi connectivity index (χ1n) is 10.7. The minimum absolute atomic E-state index is 0.0781. The number of hydrogen-bond acceptors (Lipinski definition) is 4. The molecule has 0 aliphatic rings.